The number of likely N-dealkylation sites (tertiary alicyclic amines) is 1. The zero-order valence-electron chi connectivity index (χ0n) is 24.7. The Morgan fingerprint density at radius 2 is 1.61 bits per heavy atom. The van der Waals surface area contributed by atoms with Gasteiger partial charge >= 0.3 is 18.1 Å². The maximum atomic E-state index is 13.6. The molecular weight excluding hydrogens is 587 g/mol. The third-order valence-electron chi connectivity index (χ3n) is 9.06. The molecule has 2 saturated carbocycles. The van der Waals surface area contributed by atoms with Gasteiger partial charge < -0.3 is 19.3 Å². The summed E-state index contributed by atoms with van der Waals surface area (Å²) in [6.45, 7) is -1.06. The molecule has 0 spiro atoms. The number of carboxylic acids is 1. The van der Waals surface area contributed by atoms with Crippen LogP contribution in [0.1, 0.15) is 80.8 Å². The third-order valence-corrected chi connectivity index (χ3v) is 9.06. The van der Waals surface area contributed by atoms with E-state index in [1.807, 2.05) is 30.3 Å². The monoisotopic (exact) mass is 626 g/mol. The Morgan fingerprint density at radius 1 is 0.955 bits per heavy atom. The summed E-state index contributed by atoms with van der Waals surface area (Å²) in [5, 5.41) is 9.35. The van der Waals surface area contributed by atoms with E-state index < -0.39 is 24.6 Å². The smallest absolute Gasteiger partial charge is 0.454 e. The second-order valence-electron chi connectivity index (χ2n) is 12.3. The first-order chi connectivity index (χ1) is 20.9. The quantitative estimate of drug-likeness (QED) is 0.250. The molecule has 1 N–H and O–H groups in total. The summed E-state index contributed by atoms with van der Waals surface area (Å²) in [7, 11) is 1.55. The first-order valence-electron chi connectivity index (χ1n) is 15.3. The van der Waals surface area contributed by atoms with Gasteiger partial charge in [0.1, 0.15) is 17.6 Å². The van der Waals surface area contributed by atoms with Gasteiger partial charge in [-0.15, -0.1) is 0 Å². The van der Waals surface area contributed by atoms with Crippen LogP contribution in [0.25, 0.3) is 0 Å². The molecule has 1 aliphatic heterocycles. The molecule has 3 fully saturated rings. The lowest BCUT2D eigenvalue weighted by molar-refractivity contribution is -0.287. The first kappa shape index (κ1) is 32.2. The predicted molar refractivity (Wildman–Crippen MR) is 152 cm³/mol. The third kappa shape index (κ3) is 8.11. The number of aromatic nitrogens is 1. The van der Waals surface area contributed by atoms with Crippen LogP contribution in [0.4, 0.5) is 22.0 Å². The minimum absolute atomic E-state index is 0.0351. The van der Waals surface area contributed by atoms with Crippen molar-refractivity contribution in [3.8, 4) is 17.4 Å². The number of nitrogens with zero attached hydrogens (tertiary/aromatic N) is 2. The Morgan fingerprint density at radius 3 is 2.20 bits per heavy atom. The van der Waals surface area contributed by atoms with E-state index in [1.165, 1.54) is 4.90 Å². The van der Waals surface area contributed by atoms with Gasteiger partial charge in [-0.3, -0.25) is 9.69 Å². The van der Waals surface area contributed by atoms with Crippen LogP contribution >= 0.6 is 0 Å². The van der Waals surface area contributed by atoms with Crippen molar-refractivity contribution in [3.05, 3.63) is 47.7 Å². The van der Waals surface area contributed by atoms with Crippen LogP contribution in [-0.4, -0.2) is 72.0 Å². The molecule has 1 atom stereocenters. The molecular formula is C32H39F5N2O5. The van der Waals surface area contributed by atoms with Crippen LogP contribution in [-0.2, 0) is 4.79 Å². The average Bonchev–Trinajstić information content (AvgIpc) is 3.82. The number of carboxylic acid groups (broad SMARTS) is 1. The van der Waals surface area contributed by atoms with Crippen LogP contribution in [0.5, 0.6) is 17.4 Å². The fraction of sp³-hybridized carbons (Fsp3) is 0.625. The zero-order chi connectivity index (χ0) is 31.5. The number of carbonyl (C=O) groups is 1. The number of pyridine rings is 1. The molecule has 12 heteroatoms. The maximum Gasteiger partial charge on any atom is 0.454 e. The number of ether oxygens (including phenoxy) is 3. The number of benzene rings is 1. The standard InChI is InChI=1S/C32H39F5N2O5/c1-42-25-8-9-26(21-11-14-39(15-12-21)19-31(33,34)32(35,36)37)28(17-25)43-23-4-6-24(7-5-23)44-29-16-22(10-13-38-29)27(18-30(40)41)20-2-3-20/h8-10,13,16-17,20-21,23-24,27H,2-7,11-12,14-15,18-19H2,1H3,(H,40,41)/t23-,24+,27?. The molecule has 44 heavy (non-hydrogen) atoms. The topological polar surface area (TPSA) is 81.1 Å². The Bertz CT molecular complexity index is 1270. The van der Waals surface area contributed by atoms with Crippen molar-refractivity contribution in [1.82, 2.24) is 9.88 Å². The van der Waals surface area contributed by atoms with Crippen molar-refractivity contribution in [3.63, 3.8) is 0 Å². The SMILES string of the molecule is COc1ccc(C2CCN(CC(F)(F)C(F)(F)F)CC2)c(O[C@H]2CC[C@@H](Oc3cc(C(CC(=O)O)C4CC4)ccn3)CC2)c1. The van der Waals surface area contributed by atoms with Gasteiger partial charge in [-0.05, 0) is 105 Å². The molecule has 2 aromatic rings. The molecule has 7 nitrogen and oxygen atoms in total. The molecule has 2 heterocycles. The summed E-state index contributed by atoms with van der Waals surface area (Å²) in [6, 6.07) is 9.25. The fourth-order valence-electron chi connectivity index (χ4n) is 6.44. The number of piperidine rings is 1. The van der Waals surface area contributed by atoms with E-state index in [-0.39, 0.29) is 43.6 Å². The number of hydrogen-bond donors (Lipinski definition) is 1. The Hall–Kier alpha value is -3.15. The van der Waals surface area contributed by atoms with Crippen molar-refractivity contribution in [1.29, 1.82) is 0 Å². The minimum Gasteiger partial charge on any atom is -0.497 e. The molecule has 0 bridgehead atoms. The van der Waals surface area contributed by atoms with Gasteiger partial charge in [-0.1, -0.05) is 6.07 Å². The highest BCUT2D eigenvalue weighted by Gasteiger charge is 2.58. The number of hydrogen-bond acceptors (Lipinski definition) is 6. The second kappa shape index (κ2) is 13.5. The predicted octanol–water partition coefficient (Wildman–Crippen LogP) is 7.20. The van der Waals surface area contributed by atoms with Crippen molar-refractivity contribution in [2.45, 2.75) is 93.9 Å². The van der Waals surface area contributed by atoms with Gasteiger partial charge in [0.2, 0.25) is 5.88 Å². The Labute approximate surface area is 253 Å². The first-order valence-corrected chi connectivity index (χ1v) is 15.3. The summed E-state index contributed by atoms with van der Waals surface area (Å²) in [6.07, 6.45) is 1.97. The van der Waals surface area contributed by atoms with Crippen LogP contribution in [0.3, 0.4) is 0 Å². The number of halogens is 5. The number of alkyl halides is 5. The highest BCUT2D eigenvalue weighted by Crippen LogP contribution is 2.45. The Kier molecular flexibility index (Phi) is 9.86. The Balaban J connectivity index is 1.16. The van der Waals surface area contributed by atoms with E-state index in [9.17, 15) is 31.9 Å². The van der Waals surface area contributed by atoms with Crippen molar-refractivity contribution in [2.75, 3.05) is 26.7 Å². The number of rotatable bonds is 12. The molecule has 5 rings (SSSR count). The normalized spacial score (nSPS) is 22.8. The van der Waals surface area contributed by atoms with Crippen LogP contribution in [0, 0.1) is 5.92 Å². The molecule has 2 aliphatic carbocycles. The van der Waals surface area contributed by atoms with Crippen LogP contribution in [0.15, 0.2) is 36.5 Å². The van der Waals surface area contributed by atoms with E-state index in [0.29, 0.717) is 36.1 Å². The summed E-state index contributed by atoms with van der Waals surface area (Å²) < 4.78 is 83.3. The largest absolute Gasteiger partial charge is 0.497 e. The van der Waals surface area contributed by atoms with E-state index in [1.54, 1.807) is 13.3 Å². The van der Waals surface area contributed by atoms with E-state index >= 15 is 0 Å². The fourth-order valence-corrected chi connectivity index (χ4v) is 6.44. The van der Waals surface area contributed by atoms with Gasteiger partial charge in [-0.25, -0.2) is 4.98 Å². The lowest BCUT2D eigenvalue weighted by Crippen LogP contribution is -2.48. The van der Waals surface area contributed by atoms with E-state index in [4.69, 9.17) is 14.2 Å². The van der Waals surface area contributed by atoms with Crippen molar-refractivity contribution >= 4 is 5.97 Å². The zero-order valence-corrected chi connectivity index (χ0v) is 24.7. The van der Waals surface area contributed by atoms with Gasteiger partial charge in [0, 0.05) is 18.3 Å². The molecule has 242 valence electrons. The van der Waals surface area contributed by atoms with Crippen molar-refractivity contribution in [2.24, 2.45) is 5.92 Å². The maximum absolute atomic E-state index is 13.6. The molecule has 0 amide bonds. The molecule has 1 aromatic heterocycles. The minimum atomic E-state index is -5.56. The average molecular weight is 627 g/mol. The second-order valence-corrected chi connectivity index (χ2v) is 12.3. The highest BCUT2D eigenvalue weighted by molar-refractivity contribution is 5.68. The van der Waals surface area contributed by atoms with E-state index in [2.05, 4.69) is 4.98 Å². The molecule has 1 saturated heterocycles. The highest BCUT2D eigenvalue weighted by atomic mass is 19.4. The van der Waals surface area contributed by atoms with Crippen LogP contribution in [0.2, 0.25) is 0 Å². The molecule has 0 radical (unpaired) electrons. The van der Waals surface area contributed by atoms with Gasteiger partial charge in [0.15, 0.2) is 0 Å². The number of aliphatic carboxylic acids is 1. The summed E-state index contributed by atoms with van der Waals surface area (Å²) >= 11 is 0. The summed E-state index contributed by atoms with van der Waals surface area (Å²) in [5.74, 6) is -3.48. The van der Waals surface area contributed by atoms with Gasteiger partial charge in [-0.2, -0.15) is 22.0 Å². The summed E-state index contributed by atoms with van der Waals surface area (Å²) in [4.78, 5) is 16.9. The van der Waals surface area contributed by atoms with Crippen LogP contribution < -0.4 is 14.2 Å². The van der Waals surface area contributed by atoms with Gasteiger partial charge in [0.05, 0.1) is 26.2 Å². The molecule has 1 unspecified atom stereocenters. The van der Waals surface area contributed by atoms with Gasteiger partial charge in [0.25, 0.3) is 0 Å². The van der Waals surface area contributed by atoms with Crippen molar-refractivity contribution < 1.29 is 46.1 Å². The lowest BCUT2D eigenvalue weighted by Gasteiger charge is -2.35. The summed E-state index contributed by atoms with van der Waals surface area (Å²) in [5.41, 5.74) is 1.85. The lowest BCUT2D eigenvalue weighted by atomic mass is 9.88. The number of methoxy groups -OCH3 is 1. The molecule has 3 aliphatic rings. The molecule has 1 aromatic carbocycles. The van der Waals surface area contributed by atoms with E-state index in [0.717, 1.165) is 49.7 Å².